The molecule has 0 spiro atoms. The fraction of sp³-hybridized carbons (Fsp3) is 0.478. The third-order valence-corrected chi connectivity index (χ3v) is 5.96. The minimum atomic E-state index is -4.60. The number of pyridine rings is 1. The zero-order valence-corrected chi connectivity index (χ0v) is 18.3. The number of carboxylic acid groups (broad SMARTS) is 1. The average molecular weight is 490 g/mol. The number of nitrogens with zero attached hydrogens (tertiary/aromatic N) is 2. The summed E-state index contributed by atoms with van der Waals surface area (Å²) in [5, 5.41) is 10.2. The van der Waals surface area contributed by atoms with Gasteiger partial charge in [0, 0.05) is 25.4 Å². The van der Waals surface area contributed by atoms with Crippen molar-refractivity contribution in [2.75, 3.05) is 6.54 Å². The van der Waals surface area contributed by atoms with Gasteiger partial charge in [-0.1, -0.05) is 13.3 Å². The number of carboxylic acids is 1. The maximum absolute atomic E-state index is 13.5. The third kappa shape index (κ3) is 5.45. The van der Waals surface area contributed by atoms with E-state index in [2.05, 4.69) is 4.98 Å². The molecule has 2 atom stereocenters. The van der Waals surface area contributed by atoms with Crippen LogP contribution in [0.25, 0.3) is 0 Å². The number of likely N-dealkylation sites (tertiary alicyclic amines) is 1. The number of rotatable bonds is 7. The number of halogens is 6. The molecule has 1 fully saturated rings. The van der Waals surface area contributed by atoms with Crippen molar-refractivity contribution in [3.63, 3.8) is 0 Å². The third-order valence-electron chi connectivity index (χ3n) is 5.96. The number of aliphatic carboxylic acids is 1. The van der Waals surface area contributed by atoms with Crippen molar-refractivity contribution in [3.8, 4) is 5.75 Å². The Bertz CT molecular complexity index is 993. The topological polar surface area (TPSA) is 62.7 Å². The van der Waals surface area contributed by atoms with E-state index in [1.165, 1.54) is 0 Å². The molecule has 1 aromatic heterocycles. The number of piperidine rings is 1. The molecule has 0 radical (unpaired) electrons. The van der Waals surface area contributed by atoms with Crippen LogP contribution in [0.2, 0.25) is 0 Å². The Kier molecular flexibility index (Phi) is 7.44. The minimum Gasteiger partial charge on any atom is -0.478 e. The standard InChI is InChI=1S/C23H24F6N2O3/c1-2-4-19-21(20(32)33,34-17-7-5-16(6-8-17)22(24,25)26)10-3-12-31(19)14-15-13-30-11-9-18(15)23(27,28)29/h5-9,11,13,19H,2-4,10,12,14H2,1H3,(H,32,33)/t19-,21+/m1/s1. The first-order valence-corrected chi connectivity index (χ1v) is 10.7. The maximum atomic E-state index is 13.5. The van der Waals surface area contributed by atoms with E-state index in [1.54, 1.807) is 4.90 Å². The first-order valence-electron chi connectivity index (χ1n) is 10.7. The van der Waals surface area contributed by atoms with Gasteiger partial charge in [-0.25, -0.2) is 4.79 Å². The number of hydrogen-bond donors (Lipinski definition) is 1. The molecule has 1 aliphatic rings. The highest BCUT2D eigenvalue weighted by Gasteiger charge is 2.53. The van der Waals surface area contributed by atoms with Crippen LogP contribution < -0.4 is 4.74 Å². The van der Waals surface area contributed by atoms with E-state index in [0.717, 1.165) is 42.7 Å². The van der Waals surface area contributed by atoms with E-state index < -0.39 is 41.1 Å². The molecule has 0 bridgehead atoms. The van der Waals surface area contributed by atoms with Crippen LogP contribution in [-0.4, -0.2) is 39.1 Å². The Morgan fingerprint density at radius 3 is 2.38 bits per heavy atom. The molecule has 0 amide bonds. The predicted octanol–water partition coefficient (Wildman–Crippen LogP) is 5.79. The number of carbonyl (C=O) groups is 1. The highest BCUT2D eigenvalue weighted by atomic mass is 19.4. The molecule has 1 N–H and O–H groups in total. The van der Waals surface area contributed by atoms with Gasteiger partial charge >= 0.3 is 18.3 Å². The summed E-state index contributed by atoms with van der Waals surface area (Å²) < 4.78 is 85.0. The Labute approximate surface area is 192 Å². The van der Waals surface area contributed by atoms with E-state index in [-0.39, 0.29) is 24.3 Å². The number of ether oxygens (including phenoxy) is 1. The highest BCUT2D eigenvalue weighted by Crippen LogP contribution is 2.39. The summed E-state index contributed by atoms with van der Waals surface area (Å²) in [5.74, 6) is -1.38. The second-order valence-electron chi connectivity index (χ2n) is 8.23. The first-order chi connectivity index (χ1) is 15.9. The number of benzene rings is 1. The van der Waals surface area contributed by atoms with Gasteiger partial charge in [-0.15, -0.1) is 0 Å². The van der Waals surface area contributed by atoms with Crippen LogP contribution in [-0.2, 0) is 23.7 Å². The lowest BCUT2D eigenvalue weighted by atomic mass is 9.81. The highest BCUT2D eigenvalue weighted by molar-refractivity contribution is 5.79. The van der Waals surface area contributed by atoms with Crippen LogP contribution in [0.4, 0.5) is 26.3 Å². The summed E-state index contributed by atoms with van der Waals surface area (Å²) in [7, 11) is 0. The normalized spacial score (nSPS) is 21.9. The van der Waals surface area contributed by atoms with E-state index in [1.807, 2.05) is 6.92 Å². The van der Waals surface area contributed by atoms with E-state index in [0.29, 0.717) is 25.8 Å². The largest absolute Gasteiger partial charge is 0.478 e. The minimum absolute atomic E-state index is 0.0592. The SMILES string of the molecule is CCC[C@H]1N(Cc2cnccc2C(F)(F)F)CCC[C@@]1(Oc1ccc(C(F)(F)F)cc1)C(=O)O. The van der Waals surface area contributed by atoms with Crippen molar-refractivity contribution in [2.24, 2.45) is 0 Å². The lowest BCUT2D eigenvalue weighted by molar-refractivity contribution is -0.169. The van der Waals surface area contributed by atoms with Crippen LogP contribution in [0.1, 0.15) is 49.3 Å². The van der Waals surface area contributed by atoms with Gasteiger partial charge in [0.15, 0.2) is 0 Å². The van der Waals surface area contributed by atoms with E-state index in [4.69, 9.17) is 4.74 Å². The molecule has 5 nitrogen and oxygen atoms in total. The molecule has 0 aliphatic carbocycles. The van der Waals surface area contributed by atoms with Gasteiger partial charge in [0.05, 0.1) is 17.2 Å². The van der Waals surface area contributed by atoms with Crippen LogP contribution >= 0.6 is 0 Å². The van der Waals surface area contributed by atoms with Crippen molar-refractivity contribution in [3.05, 3.63) is 59.4 Å². The molecule has 1 saturated heterocycles. The maximum Gasteiger partial charge on any atom is 0.416 e. The predicted molar refractivity (Wildman–Crippen MR) is 110 cm³/mol. The van der Waals surface area contributed by atoms with Crippen molar-refractivity contribution in [1.29, 1.82) is 0 Å². The van der Waals surface area contributed by atoms with Crippen molar-refractivity contribution < 1.29 is 41.0 Å². The first kappa shape index (κ1) is 25.8. The monoisotopic (exact) mass is 490 g/mol. The van der Waals surface area contributed by atoms with Gasteiger partial charge in [-0.3, -0.25) is 9.88 Å². The smallest absolute Gasteiger partial charge is 0.416 e. The average Bonchev–Trinajstić information content (AvgIpc) is 2.75. The van der Waals surface area contributed by atoms with E-state index in [9.17, 15) is 36.2 Å². The van der Waals surface area contributed by atoms with Crippen LogP contribution in [0, 0.1) is 0 Å². The fourth-order valence-electron chi connectivity index (χ4n) is 4.42. The summed E-state index contributed by atoms with van der Waals surface area (Å²) in [4.78, 5) is 17.9. The molecular formula is C23H24F6N2O3. The second-order valence-corrected chi connectivity index (χ2v) is 8.23. The number of aromatic nitrogens is 1. The lowest BCUT2D eigenvalue weighted by Crippen LogP contribution is -2.63. The number of alkyl halides is 6. The Morgan fingerprint density at radius 1 is 1.15 bits per heavy atom. The molecule has 0 saturated carbocycles. The van der Waals surface area contributed by atoms with E-state index >= 15 is 0 Å². The number of hydrogen-bond acceptors (Lipinski definition) is 4. The molecule has 1 aliphatic heterocycles. The van der Waals surface area contributed by atoms with Crippen molar-refractivity contribution in [1.82, 2.24) is 9.88 Å². The molecule has 11 heteroatoms. The molecule has 2 heterocycles. The van der Waals surface area contributed by atoms with Gasteiger partial charge in [0.1, 0.15) is 5.75 Å². The van der Waals surface area contributed by atoms with Gasteiger partial charge in [-0.2, -0.15) is 26.3 Å². The molecular weight excluding hydrogens is 466 g/mol. The summed E-state index contributed by atoms with van der Waals surface area (Å²) in [5.41, 5.74) is -3.69. The van der Waals surface area contributed by atoms with Crippen molar-refractivity contribution in [2.45, 2.75) is 63.1 Å². The van der Waals surface area contributed by atoms with Crippen LogP contribution in [0.3, 0.4) is 0 Å². The lowest BCUT2D eigenvalue weighted by Gasteiger charge is -2.47. The Morgan fingerprint density at radius 2 is 1.82 bits per heavy atom. The Hall–Kier alpha value is -2.82. The molecule has 2 aromatic rings. The van der Waals surface area contributed by atoms with Gasteiger partial charge in [-0.05, 0) is 55.3 Å². The van der Waals surface area contributed by atoms with Crippen molar-refractivity contribution >= 4 is 5.97 Å². The molecule has 34 heavy (non-hydrogen) atoms. The van der Waals surface area contributed by atoms with Gasteiger partial charge in [0.25, 0.3) is 0 Å². The molecule has 186 valence electrons. The van der Waals surface area contributed by atoms with Crippen LogP contribution in [0.15, 0.2) is 42.7 Å². The molecule has 1 aromatic carbocycles. The zero-order chi connectivity index (χ0) is 25.1. The summed E-state index contributed by atoms with van der Waals surface area (Å²) >= 11 is 0. The second kappa shape index (κ2) is 9.81. The molecule has 3 rings (SSSR count). The van der Waals surface area contributed by atoms with Gasteiger partial charge < -0.3 is 9.84 Å². The molecule has 0 unspecified atom stereocenters. The summed E-state index contributed by atoms with van der Waals surface area (Å²) in [6.07, 6.45) is -5.82. The Balaban J connectivity index is 1.95. The summed E-state index contributed by atoms with van der Waals surface area (Å²) in [6.45, 7) is 1.95. The van der Waals surface area contributed by atoms with Gasteiger partial charge in [0.2, 0.25) is 5.60 Å². The fourth-order valence-corrected chi connectivity index (χ4v) is 4.42. The zero-order valence-electron chi connectivity index (χ0n) is 18.3. The van der Waals surface area contributed by atoms with Crippen LogP contribution in [0.5, 0.6) is 5.75 Å². The summed E-state index contributed by atoms with van der Waals surface area (Å²) in [6, 6.07) is 3.76. The quantitative estimate of drug-likeness (QED) is 0.498.